The van der Waals surface area contributed by atoms with Crippen molar-refractivity contribution in [1.82, 2.24) is 25.2 Å². The van der Waals surface area contributed by atoms with Gasteiger partial charge in [-0.15, -0.1) is 0 Å². The molecule has 2 aliphatic rings. The Morgan fingerprint density at radius 3 is 2.59 bits per heavy atom. The second-order valence-corrected chi connectivity index (χ2v) is 8.90. The van der Waals surface area contributed by atoms with Crippen LogP contribution in [0.1, 0.15) is 31.2 Å². The zero-order valence-electron chi connectivity index (χ0n) is 17.8. The summed E-state index contributed by atoms with van der Waals surface area (Å²) in [4.78, 5) is 27.2. The molecule has 6 rings (SSSR count). The number of rotatable bonds is 3. The normalized spacial score (nSPS) is 18.7. The molecular weight excluding hydrogens is 404 g/mol. The van der Waals surface area contributed by atoms with Crippen molar-refractivity contribution in [3.63, 3.8) is 0 Å². The van der Waals surface area contributed by atoms with Gasteiger partial charge >= 0.3 is 0 Å². The molecule has 4 aromatic rings. The lowest BCUT2D eigenvalue weighted by molar-refractivity contribution is -0.148. The van der Waals surface area contributed by atoms with Crippen LogP contribution in [0, 0.1) is 5.41 Å². The van der Waals surface area contributed by atoms with Crippen LogP contribution >= 0.6 is 0 Å². The van der Waals surface area contributed by atoms with E-state index in [0.717, 1.165) is 78.8 Å². The second kappa shape index (κ2) is 7.55. The Balaban J connectivity index is 1.17. The van der Waals surface area contributed by atoms with E-state index in [4.69, 9.17) is 9.61 Å². The van der Waals surface area contributed by atoms with E-state index in [2.05, 4.69) is 20.2 Å². The van der Waals surface area contributed by atoms with Gasteiger partial charge < -0.3 is 9.80 Å². The van der Waals surface area contributed by atoms with Crippen LogP contribution in [-0.2, 0) is 11.3 Å². The Labute approximate surface area is 185 Å². The molecule has 2 fully saturated rings. The molecule has 1 amide bonds. The zero-order valence-corrected chi connectivity index (χ0v) is 17.8. The third-order valence-corrected chi connectivity index (χ3v) is 7.00. The van der Waals surface area contributed by atoms with Crippen LogP contribution in [0.5, 0.6) is 0 Å². The molecular formula is C24H24N6O2. The summed E-state index contributed by atoms with van der Waals surface area (Å²) < 4.78 is 4.80. The SMILES string of the molecule is O=C1N(Cc2ccc3nonc3c2)CCCC12CCN(c1cnc3ccccc3n1)CC2. The van der Waals surface area contributed by atoms with E-state index in [9.17, 15) is 4.79 Å². The quantitative estimate of drug-likeness (QED) is 0.493. The van der Waals surface area contributed by atoms with Gasteiger partial charge in [0.2, 0.25) is 5.91 Å². The topological polar surface area (TPSA) is 88.3 Å². The molecule has 0 unspecified atom stereocenters. The van der Waals surface area contributed by atoms with Gasteiger partial charge in [-0.25, -0.2) is 9.61 Å². The average molecular weight is 428 g/mol. The van der Waals surface area contributed by atoms with Crippen molar-refractivity contribution in [2.75, 3.05) is 24.5 Å². The molecule has 0 N–H and O–H groups in total. The highest BCUT2D eigenvalue weighted by Gasteiger charge is 2.45. The fraction of sp³-hybridized carbons (Fsp3) is 0.375. The Morgan fingerprint density at radius 1 is 0.906 bits per heavy atom. The molecule has 2 aromatic carbocycles. The second-order valence-electron chi connectivity index (χ2n) is 8.90. The van der Waals surface area contributed by atoms with Gasteiger partial charge in [0.15, 0.2) is 0 Å². The van der Waals surface area contributed by atoms with Crippen LogP contribution in [-0.4, -0.2) is 50.7 Å². The Bertz CT molecular complexity index is 1290. The minimum absolute atomic E-state index is 0.265. The number of hydrogen-bond acceptors (Lipinski definition) is 7. The first kappa shape index (κ1) is 19.2. The van der Waals surface area contributed by atoms with Crippen molar-refractivity contribution >= 4 is 33.8 Å². The highest BCUT2D eigenvalue weighted by Crippen LogP contribution is 2.42. The number of aromatic nitrogens is 4. The number of anilines is 1. The van der Waals surface area contributed by atoms with Crippen molar-refractivity contribution in [1.29, 1.82) is 0 Å². The molecule has 162 valence electrons. The summed E-state index contributed by atoms with van der Waals surface area (Å²) in [5.41, 5.74) is 4.07. The number of fused-ring (bicyclic) bond motifs is 2. The smallest absolute Gasteiger partial charge is 0.229 e. The third kappa shape index (κ3) is 3.26. The Hall–Kier alpha value is -3.55. The number of benzene rings is 2. The van der Waals surface area contributed by atoms with E-state index in [1.165, 1.54) is 0 Å². The molecule has 8 nitrogen and oxygen atoms in total. The fourth-order valence-electron chi connectivity index (χ4n) is 5.18. The van der Waals surface area contributed by atoms with E-state index in [1.807, 2.05) is 53.6 Å². The highest BCUT2D eigenvalue weighted by molar-refractivity contribution is 5.84. The summed E-state index contributed by atoms with van der Waals surface area (Å²) >= 11 is 0. The first-order chi connectivity index (χ1) is 15.7. The van der Waals surface area contributed by atoms with Gasteiger partial charge in [-0.1, -0.05) is 18.2 Å². The number of piperidine rings is 2. The van der Waals surface area contributed by atoms with Crippen molar-refractivity contribution < 1.29 is 9.42 Å². The van der Waals surface area contributed by atoms with E-state index >= 15 is 0 Å². The monoisotopic (exact) mass is 428 g/mol. The molecule has 2 aliphatic heterocycles. The van der Waals surface area contributed by atoms with Gasteiger partial charge in [0.25, 0.3) is 0 Å². The summed E-state index contributed by atoms with van der Waals surface area (Å²) in [6.07, 6.45) is 5.55. The minimum atomic E-state index is -0.265. The summed E-state index contributed by atoms with van der Waals surface area (Å²) in [5, 5.41) is 7.78. The van der Waals surface area contributed by atoms with Gasteiger partial charge in [-0.2, -0.15) is 0 Å². The molecule has 0 bridgehead atoms. The van der Waals surface area contributed by atoms with Crippen LogP contribution in [0.4, 0.5) is 5.82 Å². The summed E-state index contributed by atoms with van der Waals surface area (Å²) in [5.74, 6) is 1.18. The van der Waals surface area contributed by atoms with Gasteiger partial charge in [0.05, 0.1) is 22.6 Å². The average Bonchev–Trinajstić information content (AvgIpc) is 3.30. The van der Waals surface area contributed by atoms with Crippen LogP contribution < -0.4 is 4.90 Å². The first-order valence-electron chi connectivity index (χ1n) is 11.2. The fourth-order valence-corrected chi connectivity index (χ4v) is 5.18. The van der Waals surface area contributed by atoms with Gasteiger partial charge in [-0.05, 0) is 65.8 Å². The summed E-state index contributed by atoms with van der Waals surface area (Å²) in [7, 11) is 0. The maximum atomic E-state index is 13.6. The van der Waals surface area contributed by atoms with Crippen molar-refractivity contribution in [3.8, 4) is 0 Å². The number of carbonyl (C=O) groups is 1. The zero-order chi connectivity index (χ0) is 21.5. The van der Waals surface area contributed by atoms with Gasteiger partial charge in [-0.3, -0.25) is 9.78 Å². The van der Waals surface area contributed by atoms with E-state index < -0.39 is 0 Å². The molecule has 0 saturated carbocycles. The first-order valence-corrected chi connectivity index (χ1v) is 11.2. The number of hydrogen-bond donors (Lipinski definition) is 0. The van der Waals surface area contributed by atoms with Gasteiger partial charge in [0.1, 0.15) is 16.9 Å². The summed E-state index contributed by atoms with van der Waals surface area (Å²) in [6, 6.07) is 13.8. The highest BCUT2D eigenvalue weighted by atomic mass is 16.6. The largest absolute Gasteiger partial charge is 0.355 e. The predicted octanol–water partition coefficient (Wildman–Crippen LogP) is 3.58. The number of amides is 1. The van der Waals surface area contributed by atoms with Gasteiger partial charge in [0, 0.05) is 26.2 Å². The van der Waals surface area contributed by atoms with E-state index in [1.54, 1.807) is 0 Å². The lowest BCUT2D eigenvalue weighted by Crippen LogP contribution is -2.53. The number of likely N-dealkylation sites (tertiary alicyclic amines) is 1. The maximum absolute atomic E-state index is 13.6. The predicted molar refractivity (Wildman–Crippen MR) is 120 cm³/mol. The number of para-hydroxylation sites is 2. The molecule has 0 radical (unpaired) electrons. The number of carbonyl (C=O) groups excluding carboxylic acids is 1. The van der Waals surface area contributed by atoms with Crippen LogP contribution in [0.25, 0.3) is 22.1 Å². The van der Waals surface area contributed by atoms with Crippen molar-refractivity contribution in [2.45, 2.75) is 32.2 Å². The third-order valence-electron chi connectivity index (χ3n) is 7.00. The van der Waals surface area contributed by atoms with Crippen LogP contribution in [0.3, 0.4) is 0 Å². The van der Waals surface area contributed by atoms with E-state index in [-0.39, 0.29) is 11.3 Å². The molecule has 4 heterocycles. The maximum Gasteiger partial charge on any atom is 0.229 e. The van der Waals surface area contributed by atoms with Crippen molar-refractivity contribution in [3.05, 3.63) is 54.2 Å². The minimum Gasteiger partial charge on any atom is -0.355 e. The lowest BCUT2D eigenvalue weighted by atomic mass is 9.71. The molecule has 0 aliphatic carbocycles. The van der Waals surface area contributed by atoms with E-state index in [0.29, 0.717) is 6.54 Å². The molecule has 2 aromatic heterocycles. The Morgan fingerprint density at radius 2 is 1.72 bits per heavy atom. The van der Waals surface area contributed by atoms with Crippen LogP contribution in [0.15, 0.2) is 53.3 Å². The Kier molecular flexibility index (Phi) is 4.52. The van der Waals surface area contributed by atoms with Crippen molar-refractivity contribution in [2.24, 2.45) is 5.41 Å². The standard InChI is InChI=1S/C24H24N6O2/c31-23-24(8-3-11-30(23)16-17-6-7-20-21(14-17)28-32-27-20)9-12-29(13-10-24)22-15-25-18-4-1-2-5-19(18)26-22/h1-2,4-7,14-15H,3,8-13,16H2. The van der Waals surface area contributed by atoms with Crippen LogP contribution in [0.2, 0.25) is 0 Å². The molecule has 8 heteroatoms. The summed E-state index contributed by atoms with van der Waals surface area (Å²) in [6.45, 7) is 3.05. The molecule has 1 spiro atoms. The molecule has 0 atom stereocenters. The lowest BCUT2D eigenvalue weighted by Gasteiger charge is -2.46. The molecule has 32 heavy (non-hydrogen) atoms. The number of nitrogens with zero attached hydrogens (tertiary/aromatic N) is 6. The molecule has 2 saturated heterocycles.